The van der Waals surface area contributed by atoms with Gasteiger partial charge in [0.05, 0.1) is 8.47 Å². The van der Waals surface area contributed by atoms with Gasteiger partial charge in [-0.05, 0) is 122 Å². The number of halogens is 3. The molecule has 11 heteroatoms. The van der Waals surface area contributed by atoms with Crippen molar-refractivity contribution >= 4 is 98.8 Å². The van der Waals surface area contributed by atoms with E-state index >= 15 is 0 Å². The van der Waals surface area contributed by atoms with Crippen LogP contribution in [0.5, 0.6) is 5.75 Å². The van der Waals surface area contributed by atoms with E-state index in [-0.39, 0.29) is 15.5 Å². The van der Waals surface area contributed by atoms with Crippen LogP contribution >= 0.6 is 67.8 Å². The van der Waals surface area contributed by atoms with Crippen molar-refractivity contribution in [3.8, 4) is 5.75 Å². The molecule has 1 aliphatic rings. The van der Waals surface area contributed by atoms with Crippen LogP contribution in [0.1, 0.15) is 30.4 Å². The van der Waals surface area contributed by atoms with E-state index in [2.05, 4.69) is 22.6 Å². The molecular formula is C21H17I3O6S2. The van der Waals surface area contributed by atoms with Crippen LogP contribution in [0.2, 0.25) is 0 Å². The van der Waals surface area contributed by atoms with E-state index in [9.17, 15) is 21.4 Å². The van der Waals surface area contributed by atoms with Crippen molar-refractivity contribution in [3.05, 3.63) is 58.2 Å². The summed E-state index contributed by atoms with van der Waals surface area (Å²) >= 11 is 6.21. The molecule has 6 nitrogen and oxygen atoms in total. The van der Waals surface area contributed by atoms with E-state index in [1.807, 2.05) is 69.4 Å². The zero-order valence-electron chi connectivity index (χ0n) is 16.4. The van der Waals surface area contributed by atoms with Crippen LogP contribution in [0.3, 0.4) is 0 Å². The molecule has 0 aromatic heterocycles. The lowest BCUT2D eigenvalue weighted by Crippen LogP contribution is -2.16. The Balaban J connectivity index is 1.89. The van der Waals surface area contributed by atoms with Gasteiger partial charge >= 0.3 is 10.1 Å². The van der Waals surface area contributed by atoms with Gasteiger partial charge in [-0.2, -0.15) is 16.8 Å². The van der Waals surface area contributed by atoms with Crippen molar-refractivity contribution < 1.29 is 25.6 Å². The molecular weight excluding hydrogens is 793 g/mol. The molecule has 32 heavy (non-hydrogen) atoms. The van der Waals surface area contributed by atoms with Crippen molar-refractivity contribution in [2.45, 2.75) is 41.9 Å². The third-order valence-electron chi connectivity index (χ3n) is 5.42. The zero-order valence-corrected chi connectivity index (χ0v) is 24.5. The molecule has 0 saturated carbocycles. The van der Waals surface area contributed by atoms with Gasteiger partial charge < -0.3 is 4.18 Å². The summed E-state index contributed by atoms with van der Waals surface area (Å²) in [6.45, 7) is 0. The molecule has 0 atom stereocenters. The smallest absolute Gasteiger partial charge is 0.341 e. The van der Waals surface area contributed by atoms with Crippen LogP contribution in [-0.2, 0) is 33.1 Å². The molecule has 4 rings (SSSR count). The van der Waals surface area contributed by atoms with Crippen LogP contribution in [0.25, 0.3) is 10.8 Å². The standard InChI is InChI=1S/C21H17I3O6S2/c22-18-14-8-4-5-9-15(14)19(23)21(20(18)24)32(28,29)30-16-10-11-17(31(25,26)27)13-7-3-1-2-6-12(13)16/h4-5,8-11H,1-3,6-7H2,(H,25,26,27). The second-order valence-electron chi connectivity index (χ2n) is 7.41. The Labute approximate surface area is 227 Å². The Morgan fingerprint density at radius 3 is 1.97 bits per heavy atom. The molecule has 0 bridgehead atoms. The molecule has 3 aromatic rings. The van der Waals surface area contributed by atoms with Crippen LogP contribution in [0.15, 0.2) is 46.2 Å². The first kappa shape index (κ1) is 24.9. The molecule has 0 saturated heterocycles. The maximum Gasteiger partial charge on any atom is 0.341 e. The van der Waals surface area contributed by atoms with Gasteiger partial charge in [-0.25, -0.2) is 0 Å². The van der Waals surface area contributed by atoms with Gasteiger partial charge in [0.2, 0.25) is 0 Å². The highest BCUT2D eigenvalue weighted by Crippen LogP contribution is 2.39. The Hall–Kier alpha value is -0.230. The fraction of sp³-hybridized carbons (Fsp3) is 0.238. The highest BCUT2D eigenvalue weighted by Gasteiger charge is 2.30. The van der Waals surface area contributed by atoms with Gasteiger partial charge in [0, 0.05) is 12.7 Å². The zero-order chi connectivity index (χ0) is 23.3. The maximum atomic E-state index is 13.5. The highest BCUT2D eigenvalue weighted by molar-refractivity contribution is 14.1. The molecule has 3 aromatic carbocycles. The summed E-state index contributed by atoms with van der Waals surface area (Å²) in [4.78, 5) is -0.0772. The second-order valence-corrected chi connectivity index (χ2v) is 13.5. The van der Waals surface area contributed by atoms with Gasteiger partial charge in [-0.3, -0.25) is 4.55 Å². The van der Waals surface area contributed by atoms with Gasteiger partial charge in [0.25, 0.3) is 10.1 Å². The molecule has 0 heterocycles. The van der Waals surface area contributed by atoms with Gasteiger partial charge in [0.15, 0.2) is 0 Å². The van der Waals surface area contributed by atoms with Crippen molar-refractivity contribution in [2.24, 2.45) is 0 Å². The van der Waals surface area contributed by atoms with E-state index in [4.69, 9.17) is 4.18 Å². The van der Waals surface area contributed by atoms with E-state index < -0.39 is 20.2 Å². The van der Waals surface area contributed by atoms with Crippen molar-refractivity contribution in [3.63, 3.8) is 0 Å². The summed E-state index contributed by atoms with van der Waals surface area (Å²) in [5.41, 5.74) is 0.969. The predicted molar refractivity (Wildman–Crippen MR) is 147 cm³/mol. The Morgan fingerprint density at radius 2 is 1.34 bits per heavy atom. The van der Waals surface area contributed by atoms with Gasteiger partial charge in [-0.15, -0.1) is 0 Å². The van der Waals surface area contributed by atoms with Crippen LogP contribution < -0.4 is 4.18 Å². The molecule has 0 fully saturated rings. The number of benzene rings is 3. The maximum absolute atomic E-state index is 13.5. The number of hydrogen-bond acceptors (Lipinski definition) is 5. The van der Waals surface area contributed by atoms with Crippen molar-refractivity contribution in [2.75, 3.05) is 0 Å². The summed E-state index contributed by atoms with van der Waals surface area (Å²) in [5.74, 6) is 0.115. The lowest BCUT2D eigenvalue weighted by molar-refractivity contribution is 0.478. The first-order chi connectivity index (χ1) is 15.0. The van der Waals surface area contributed by atoms with Crippen LogP contribution in [-0.4, -0.2) is 21.4 Å². The lowest BCUT2D eigenvalue weighted by Gasteiger charge is -2.18. The number of rotatable bonds is 4. The van der Waals surface area contributed by atoms with E-state index in [0.29, 0.717) is 31.1 Å². The first-order valence-corrected chi connectivity index (χ1v) is 15.7. The van der Waals surface area contributed by atoms with Crippen molar-refractivity contribution in [1.29, 1.82) is 0 Å². The monoisotopic (exact) mass is 810 g/mol. The quantitative estimate of drug-likeness (QED) is 0.115. The SMILES string of the molecule is O=S(=O)(O)c1ccc(OS(=O)(=O)c2c(I)c(I)c3ccccc3c2I)c2c1CCCCC2. The average molecular weight is 810 g/mol. The van der Waals surface area contributed by atoms with Crippen LogP contribution in [0.4, 0.5) is 0 Å². The Morgan fingerprint density at radius 1 is 0.750 bits per heavy atom. The van der Waals surface area contributed by atoms with Crippen molar-refractivity contribution in [1.82, 2.24) is 0 Å². The largest absolute Gasteiger partial charge is 0.379 e. The molecule has 1 aliphatic carbocycles. The summed E-state index contributed by atoms with van der Waals surface area (Å²) in [6, 6.07) is 10.2. The third-order valence-corrected chi connectivity index (χ3v) is 12.7. The normalized spacial score (nSPS) is 14.8. The Bertz CT molecular complexity index is 1450. The molecule has 0 unspecified atom stereocenters. The van der Waals surface area contributed by atoms with E-state index in [1.165, 1.54) is 12.1 Å². The van der Waals surface area contributed by atoms with Gasteiger partial charge in [-0.1, -0.05) is 30.7 Å². The molecule has 0 spiro atoms. The minimum absolute atomic E-state index is 0.100. The first-order valence-electron chi connectivity index (χ1n) is 9.64. The predicted octanol–water partition coefficient (Wildman–Crippen LogP) is 5.94. The summed E-state index contributed by atoms with van der Waals surface area (Å²) in [7, 11) is -8.64. The number of fused-ring (bicyclic) bond motifs is 2. The minimum atomic E-state index is -4.42. The highest BCUT2D eigenvalue weighted by atomic mass is 127. The topological polar surface area (TPSA) is 97.7 Å². The molecule has 0 amide bonds. The fourth-order valence-corrected chi connectivity index (χ4v) is 10.2. The molecule has 0 radical (unpaired) electrons. The average Bonchev–Trinajstić information content (AvgIpc) is 2.97. The summed E-state index contributed by atoms with van der Waals surface area (Å²) in [5, 5.41) is 1.79. The minimum Gasteiger partial charge on any atom is -0.379 e. The third kappa shape index (κ3) is 4.65. The van der Waals surface area contributed by atoms with E-state index in [1.54, 1.807) is 0 Å². The number of hydrogen-bond donors (Lipinski definition) is 1. The van der Waals surface area contributed by atoms with Crippen LogP contribution in [0, 0.1) is 10.7 Å². The Kier molecular flexibility index (Phi) is 7.33. The molecule has 170 valence electrons. The van der Waals surface area contributed by atoms with Gasteiger partial charge in [0.1, 0.15) is 10.6 Å². The summed E-state index contributed by atoms with van der Waals surface area (Å²) < 4.78 is 68.0. The second kappa shape index (κ2) is 9.43. The lowest BCUT2D eigenvalue weighted by atomic mass is 10.0. The fourth-order valence-electron chi connectivity index (χ4n) is 3.98. The molecule has 1 N–H and O–H groups in total. The summed E-state index contributed by atoms with van der Waals surface area (Å²) in [6.07, 6.45) is 3.33. The van der Waals surface area contributed by atoms with E-state index in [0.717, 1.165) is 33.6 Å². The molecule has 0 aliphatic heterocycles.